The van der Waals surface area contributed by atoms with Crippen molar-refractivity contribution in [2.45, 2.75) is 44.7 Å². The van der Waals surface area contributed by atoms with Gasteiger partial charge in [-0.3, -0.25) is 4.79 Å². The first-order valence-corrected chi connectivity index (χ1v) is 11.6. The molecule has 0 saturated heterocycles. The Morgan fingerprint density at radius 1 is 1.25 bits per heavy atom. The molecule has 3 heterocycles. The van der Waals surface area contributed by atoms with Gasteiger partial charge in [0.1, 0.15) is 4.83 Å². The number of para-hydroxylation sites is 1. The second-order valence-electron chi connectivity index (χ2n) is 7.47. The van der Waals surface area contributed by atoms with Crippen LogP contribution in [0.3, 0.4) is 0 Å². The van der Waals surface area contributed by atoms with Gasteiger partial charge in [0.25, 0.3) is 5.56 Å². The predicted octanol–water partition coefficient (Wildman–Crippen LogP) is 4.72. The second kappa shape index (κ2) is 7.04. The zero-order chi connectivity index (χ0) is 19.3. The first kappa shape index (κ1) is 17.9. The van der Waals surface area contributed by atoms with Crippen LogP contribution in [0.25, 0.3) is 21.7 Å². The highest BCUT2D eigenvalue weighted by Gasteiger charge is 2.27. The molecule has 1 atom stereocenters. The molecule has 0 aliphatic heterocycles. The Labute approximate surface area is 171 Å². The normalized spacial score (nSPS) is 16.7. The van der Waals surface area contributed by atoms with Gasteiger partial charge in [-0.2, -0.15) is 0 Å². The van der Waals surface area contributed by atoms with Crippen molar-refractivity contribution < 1.29 is 0 Å². The first-order valence-electron chi connectivity index (χ1n) is 9.81. The van der Waals surface area contributed by atoms with Crippen LogP contribution in [0.15, 0.2) is 40.3 Å². The number of hydrogen-bond donors (Lipinski definition) is 0. The van der Waals surface area contributed by atoms with E-state index >= 15 is 0 Å². The van der Waals surface area contributed by atoms with E-state index < -0.39 is 0 Å². The molecule has 0 amide bonds. The van der Waals surface area contributed by atoms with E-state index in [1.54, 1.807) is 27.7 Å². The van der Waals surface area contributed by atoms with Crippen LogP contribution in [-0.2, 0) is 12.8 Å². The van der Waals surface area contributed by atoms with E-state index in [1.807, 2.05) is 30.3 Å². The lowest BCUT2D eigenvalue weighted by Crippen LogP contribution is -2.22. The van der Waals surface area contributed by atoms with Gasteiger partial charge in [0.15, 0.2) is 5.16 Å². The number of benzene rings is 1. The molecule has 144 valence electrons. The Balaban J connectivity index is 1.90. The highest BCUT2D eigenvalue weighted by molar-refractivity contribution is 7.99. The average Bonchev–Trinajstić information content (AvgIpc) is 3.28. The summed E-state index contributed by atoms with van der Waals surface area (Å²) in [5.41, 5.74) is 2.11. The van der Waals surface area contributed by atoms with Gasteiger partial charge in [-0.05, 0) is 49.3 Å². The lowest BCUT2D eigenvalue weighted by Gasteiger charge is -2.17. The van der Waals surface area contributed by atoms with Crippen LogP contribution >= 0.6 is 23.1 Å². The smallest absolute Gasteiger partial charge is 0.268 e. The highest BCUT2D eigenvalue weighted by Crippen LogP contribution is 2.38. The van der Waals surface area contributed by atoms with Crippen LogP contribution in [0.1, 0.15) is 37.1 Å². The van der Waals surface area contributed by atoms with Crippen molar-refractivity contribution in [2.24, 2.45) is 5.92 Å². The van der Waals surface area contributed by atoms with Crippen LogP contribution in [0, 0.1) is 5.92 Å². The van der Waals surface area contributed by atoms with Gasteiger partial charge in [-0.1, -0.05) is 43.8 Å². The lowest BCUT2D eigenvalue weighted by atomic mass is 9.89. The van der Waals surface area contributed by atoms with Gasteiger partial charge in [-0.25, -0.2) is 8.97 Å². The Morgan fingerprint density at radius 3 is 2.86 bits per heavy atom. The SMILES string of the molecule is CCCSc1nnc2n(-c3ccccc3)c(=O)c3c4c(sc3n12)CC(C)CC4. The number of thiophene rings is 1. The van der Waals surface area contributed by atoms with Gasteiger partial charge in [0, 0.05) is 10.6 Å². The van der Waals surface area contributed by atoms with Crippen LogP contribution in [0.5, 0.6) is 0 Å². The van der Waals surface area contributed by atoms with Crippen molar-refractivity contribution in [3.05, 3.63) is 51.1 Å². The molecule has 0 saturated carbocycles. The summed E-state index contributed by atoms with van der Waals surface area (Å²) in [7, 11) is 0. The molecule has 4 aromatic rings. The maximum Gasteiger partial charge on any atom is 0.268 e. The molecule has 3 aromatic heterocycles. The third kappa shape index (κ3) is 2.71. The van der Waals surface area contributed by atoms with Crippen LogP contribution < -0.4 is 5.56 Å². The molecule has 0 bridgehead atoms. The molecular weight excluding hydrogens is 388 g/mol. The molecule has 0 fully saturated rings. The van der Waals surface area contributed by atoms with E-state index in [2.05, 4.69) is 28.4 Å². The quantitative estimate of drug-likeness (QED) is 0.457. The summed E-state index contributed by atoms with van der Waals surface area (Å²) in [5.74, 6) is 2.26. The summed E-state index contributed by atoms with van der Waals surface area (Å²) >= 11 is 3.47. The summed E-state index contributed by atoms with van der Waals surface area (Å²) in [6.45, 7) is 4.46. The van der Waals surface area contributed by atoms with Gasteiger partial charge >= 0.3 is 0 Å². The molecule has 5 nitrogen and oxygen atoms in total. The molecule has 0 radical (unpaired) electrons. The number of thioether (sulfide) groups is 1. The third-order valence-electron chi connectivity index (χ3n) is 5.38. The van der Waals surface area contributed by atoms with Crippen LogP contribution in [-0.4, -0.2) is 24.9 Å². The maximum atomic E-state index is 13.7. The number of hydrogen-bond acceptors (Lipinski definition) is 5. The second-order valence-corrected chi connectivity index (χ2v) is 9.62. The fourth-order valence-electron chi connectivity index (χ4n) is 4.00. The van der Waals surface area contributed by atoms with E-state index in [1.165, 1.54) is 10.4 Å². The third-order valence-corrected chi connectivity index (χ3v) is 7.75. The molecule has 0 N–H and O–H groups in total. The van der Waals surface area contributed by atoms with Crippen molar-refractivity contribution >= 4 is 39.1 Å². The van der Waals surface area contributed by atoms with Crippen molar-refractivity contribution in [1.29, 1.82) is 0 Å². The summed E-state index contributed by atoms with van der Waals surface area (Å²) < 4.78 is 3.84. The maximum absolute atomic E-state index is 13.7. The van der Waals surface area contributed by atoms with Crippen LogP contribution in [0.2, 0.25) is 0 Å². The Bertz CT molecular complexity index is 1220. The summed E-state index contributed by atoms with van der Waals surface area (Å²) in [6, 6.07) is 9.79. The molecule has 7 heteroatoms. The fraction of sp³-hybridized carbons (Fsp3) is 0.381. The topological polar surface area (TPSA) is 52.2 Å². The van der Waals surface area contributed by atoms with Gasteiger partial charge in [-0.15, -0.1) is 21.5 Å². The van der Waals surface area contributed by atoms with Gasteiger partial charge in [0.2, 0.25) is 5.78 Å². The van der Waals surface area contributed by atoms with Crippen LogP contribution in [0.4, 0.5) is 0 Å². The molecule has 28 heavy (non-hydrogen) atoms. The molecule has 1 aliphatic carbocycles. The predicted molar refractivity (Wildman–Crippen MR) is 116 cm³/mol. The first-order chi connectivity index (χ1) is 13.7. The summed E-state index contributed by atoms with van der Waals surface area (Å²) in [4.78, 5) is 16.0. The lowest BCUT2D eigenvalue weighted by molar-refractivity contribution is 0.509. The Kier molecular flexibility index (Phi) is 4.51. The summed E-state index contributed by atoms with van der Waals surface area (Å²) in [5, 5.41) is 10.6. The van der Waals surface area contributed by atoms with E-state index in [0.29, 0.717) is 11.7 Å². The van der Waals surface area contributed by atoms with Crippen molar-refractivity contribution in [3.63, 3.8) is 0 Å². The molecule has 5 rings (SSSR count). The molecular formula is C21H22N4OS2. The van der Waals surface area contributed by atoms with Crippen molar-refractivity contribution in [3.8, 4) is 5.69 Å². The van der Waals surface area contributed by atoms with Gasteiger partial charge in [0.05, 0.1) is 11.1 Å². The van der Waals surface area contributed by atoms with Crippen molar-refractivity contribution in [2.75, 3.05) is 5.75 Å². The Morgan fingerprint density at radius 2 is 2.07 bits per heavy atom. The van der Waals surface area contributed by atoms with E-state index in [-0.39, 0.29) is 5.56 Å². The zero-order valence-electron chi connectivity index (χ0n) is 16.0. The molecule has 1 unspecified atom stereocenters. The number of nitrogens with zero attached hydrogens (tertiary/aromatic N) is 4. The summed E-state index contributed by atoms with van der Waals surface area (Å²) in [6.07, 6.45) is 4.24. The van der Waals surface area contributed by atoms with E-state index in [0.717, 1.165) is 52.5 Å². The number of aromatic nitrogens is 4. The van der Waals surface area contributed by atoms with E-state index in [4.69, 9.17) is 0 Å². The molecule has 1 aliphatic rings. The Hall–Kier alpha value is -2.12. The molecule has 0 spiro atoms. The minimum Gasteiger partial charge on any atom is -0.268 e. The number of rotatable bonds is 4. The standard InChI is InChI=1S/C21H22N4OS2/c1-3-11-27-21-23-22-20-24(14-7-5-4-6-8-14)18(26)17-15-10-9-13(2)12-16(15)28-19(17)25(20)21/h4-8,13H,3,9-12H2,1-2H3. The number of aryl methyl sites for hydroxylation is 1. The fourth-order valence-corrected chi connectivity index (χ4v) is 6.34. The highest BCUT2D eigenvalue weighted by atomic mass is 32.2. The van der Waals surface area contributed by atoms with Gasteiger partial charge < -0.3 is 0 Å². The number of fused-ring (bicyclic) bond motifs is 5. The minimum atomic E-state index is 0.0280. The molecule has 1 aromatic carbocycles. The average molecular weight is 411 g/mol. The van der Waals surface area contributed by atoms with Crippen molar-refractivity contribution in [1.82, 2.24) is 19.2 Å². The minimum absolute atomic E-state index is 0.0280. The monoisotopic (exact) mass is 410 g/mol. The van der Waals surface area contributed by atoms with E-state index in [9.17, 15) is 4.79 Å². The zero-order valence-corrected chi connectivity index (χ0v) is 17.6. The largest absolute Gasteiger partial charge is 0.268 e.